The van der Waals surface area contributed by atoms with E-state index in [2.05, 4.69) is 10.4 Å². The van der Waals surface area contributed by atoms with Gasteiger partial charge in [0.2, 0.25) is 5.91 Å². The Morgan fingerprint density at radius 3 is 2.37 bits per heavy atom. The zero-order valence-corrected chi connectivity index (χ0v) is 14.2. The van der Waals surface area contributed by atoms with E-state index in [0.717, 1.165) is 10.9 Å². The van der Waals surface area contributed by atoms with Crippen LogP contribution < -0.4 is 5.32 Å². The van der Waals surface area contributed by atoms with E-state index >= 15 is 0 Å². The number of nitrogens with one attached hydrogen (secondary N) is 1. The van der Waals surface area contributed by atoms with Crippen LogP contribution in [-0.4, -0.2) is 48.4 Å². The normalized spacial score (nSPS) is 13.0. The molecule has 0 aliphatic rings. The summed E-state index contributed by atoms with van der Waals surface area (Å²) < 4.78 is 1.13. The van der Waals surface area contributed by atoms with Crippen LogP contribution in [0.3, 0.4) is 0 Å². The summed E-state index contributed by atoms with van der Waals surface area (Å²) in [6.07, 6.45) is -0.287. The van der Waals surface area contributed by atoms with Crippen molar-refractivity contribution in [1.82, 2.24) is 15.1 Å². The second kappa shape index (κ2) is 8.33. The van der Waals surface area contributed by atoms with E-state index in [0.29, 0.717) is 0 Å². The third-order valence-electron chi connectivity index (χ3n) is 3.94. The molecule has 2 unspecified atom stereocenters. The number of carbonyl (C=O) groups excluding carboxylic acids is 1. The van der Waals surface area contributed by atoms with Crippen LogP contribution in [0.25, 0.3) is 0 Å². The van der Waals surface area contributed by atoms with Gasteiger partial charge >= 0.3 is 5.69 Å². The molecule has 2 aromatic rings. The zero-order valence-electron chi connectivity index (χ0n) is 14.2. The van der Waals surface area contributed by atoms with Gasteiger partial charge in [0, 0.05) is 12.1 Å². The van der Waals surface area contributed by atoms with Crippen molar-refractivity contribution in [2.24, 2.45) is 0 Å². The van der Waals surface area contributed by atoms with Crippen molar-refractivity contribution in [2.45, 2.75) is 25.6 Å². The van der Waals surface area contributed by atoms with Gasteiger partial charge in [-0.15, -0.1) is 0 Å². The second-order valence-electron chi connectivity index (χ2n) is 5.68. The summed E-state index contributed by atoms with van der Waals surface area (Å²) in [7, 11) is 0. The lowest BCUT2D eigenvalue weighted by Gasteiger charge is -2.22. The molecule has 1 amide bonds. The Kier molecular flexibility index (Phi) is 6.15. The SMILES string of the molecule is Cc1c([N+](=O)[O-])cnn1CC(=O)NC(CO)C(O)c1ccc([N+](=O)[O-])cc1. The van der Waals surface area contributed by atoms with E-state index in [4.69, 9.17) is 0 Å². The van der Waals surface area contributed by atoms with Gasteiger partial charge in [-0.05, 0) is 24.6 Å². The molecule has 27 heavy (non-hydrogen) atoms. The number of nitro groups is 2. The van der Waals surface area contributed by atoms with E-state index < -0.39 is 34.5 Å². The molecule has 0 spiro atoms. The van der Waals surface area contributed by atoms with Crippen molar-refractivity contribution in [2.75, 3.05) is 6.61 Å². The maximum atomic E-state index is 12.1. The fraction of sp³-hybridized carbons (Fsp3) is 0.333. The lowest BCUT2D eigenvalue weighted by atomic mass is 10.0. The lowest BCUT2D eigenvalue weighted by Crippen LogP contribution is -2.43. The summed E-state index contributed by atoms with van der Waals surface area (Å²) >= 11 is 0. The summed E-state index contributed by atoms with van der Waals surface area (Å²) in [4.78, 5) is 32.4. The standard InChI is InChI=1S/C15H17N5O7/c1-9-13(20(26)27)6-16-18(9)7-14(22)17-12(8-21)15(23)10-2-4-11(5-3-10)19(24)25/h2-6,12,15,21,23H,7-8H2,1H3,(H,17,22). The highest BCUT2D eigenvalue weighted by Gasteiger charge is 2.24. The number of aliphatic hydroxyl groups is 2. The molecule has 1 heterocycles. The van der Waals surface area contributed by atoms with E-state index in [1.54, 1.807) is 0 Å². The minimum absolute atomic E-state index is 0.161. The molecule has 1 aromatic carbocycles. The molecule has 2 atom stereocenters. The number of nitrogens with zero attached hydrogens (tertiary/aromatic N) is 4. The van der Waals surface area contributed by atoms with Crippen LogP contribution in [0.1, 0.15) is 17.4 Å². The first kappa shape index (κ1) is 19.9. The van der Waals surface area contributed by atoms with Gasteiger partial charge in [-0.2, -0.15) is 5.10 Å². The van der Waals surface area contributed by atoms with Gasteiger partial charge in [0.15, 0.2) is 0 Å². The van der Waals surface area contributed by atoms with E-state index in [9.17, 15) is 35.2 Å². The highest BCUT2D eigenvalue weighted by atomic mass is 16.6. The molecule has 12 nitrogen and oxygen atoms in total. The van der Waals surface area contributed by atoms with Gasteiger partial charge in [-0.3, -0.25) is 29.7 Å². The van der Waals surface area contributed by atoms with Gasteiger partial charge < -0.3 is 15.5 Å². The Morgan fingerprint density at radius 1 is 1.26 bits per heavy atom. The molecule has 0 saturated carbocycles. The number of hydrogen-bond acceptors (Lipinski definition) is 8. The number of aliphatic hydroxyl groups excluding tert-OH is 2. The average Bonchev–Trinajstić information content (AvgIpc) is 2.99. The number of non-ortho nitro benzene ring substituents is 1. The molecule has 2 rings (SSSR count). The number of benzene rings is 1. The molecule has 0 fully saturated rings. The first-order valence-corrected chi connectivity index (χ1v) is 7.74. The molecular weight excluding hydrogens is 362 g/mol. The third-order valence-corrected chi connectivity index (χ3v) is 3.94. The highest BCUT2D eigenvalue weighted by molar-refractivity contribution is 5.76. The van der Waals surface area contributed by atoms with Crippen molar-refractivity contribution in [1.29, 1.82) is 0 Å². The van der Waals surface area contributed by atoms with Gasteiger partial charge in [0.1, 0.15) is 24.5 Å². The zero-order chi connectivity index (χ0) is 20.1. The second-order valence-corrected chi connectivity index (χ2v) is 5.68. The topological polar surface area (TPSA) is 174 Å². The molecule has 12 heteroatoms. The smallest absolute Gasteiger partial charge is 0.309 e. The van der Waals surface area contributed by atoms with Gasteiger partial charge in [0.25, 0.3) is 5.69 Å². The summed E-state index contributed by atoms with van der Waals surface area (Å²) in [5, 5.41) is 47.4. The highest BCUT2D eigenvalue weighted by Crippen LogP contribution is 2.21. The Morgan fingerprint density at radius 2 is 1.89 bits per heavy atom. The van der Waals surface area contributed by atoms with Crippen molar-refractivity contribution in [3.63, 3.8) is 0 Å². The fourth-order valence-corrected chi connectivity index (χ4v) is 2.41. The monoisotopic (exact) mass is 379 g/mol. The summed E-state index contributed by atoms with van der Waals surface area (Å²) in [6, 6.07) is 3.95. The molecular formula is C15H17N5O7. The number of hydrogen-bond donors (Lipinski definition) is 3. The minimum Gasteiger partial charge on any atom is -0.394 e. The maximum Gasteiger partial charge on any atom is 0.309 e. The predicted octanol–water partition coefficient (Wildman–Crippen LogP) is 0.219. The van der Waals surface area contributed by atoms with Crippen LogP contribution in [-0.2, 0) is 11.3 Å². The number of carbonyl (C=O) groups is 1. The van der Waals surface area contributed by atoms with Crippen molar-refractivity contribution in [3.05, 3.63) is 61.9 Å². The van der Waals surface area contributed by atoms with Crippen LogP contribution in [0.2, 0.25) is 0 Å². The molecule has 0 saturated heterocycles. The fourth-order valence-electron chi connectivity index (χ4n) is 2.41. The molecule has 0 bridgehead atoms. The van der Waals surface area contributed by atoms with Gasteiger partial charge in [0.05, 0.1) is 22.5 Å². The lowest BCUT2D eigenvalue weighted by molar-refractivity contribution is -0.385. The number of aromatic nitrogens is 2. The van der Waals surface area contributed by atoms with Crippen molar-refractivity contribution < 1.29 is 24.9 Å². The summed E-state index contributed by atoms with van der Waals surface area (Å²) in [6.45, 7) is 0.499. The number of nitro benzene ring substituents is 1. The van der Waals surface area contributed by atoms with Gasteiger partial charge in [-0.1, -0.05) is 0 Å². The molecule has 3 N–H and O–H groups in total. The number of amides is 1. The average molecular weight is 379 g/mol. The largest absolute Gasteiger partial charge is 0.394 e. The van der Waals surface area contributed by atoms with E-state index in [1.165, 1.54) is 31.2 Å². The van der Waals surface area contributed by atoms with Crippen molar-refractivity contribution in [3.8, 4) is 0 Å². The quantitative estimate of drug-likeness (QED) is 0.431. The minimum atomic E-state index is -1.31. The van der Waals surface area contributed by atoms with E-state index in [1.807, 2.05) is 0 Å². The Labute approximate surface area is 152 Å². The van der Waals surface area contributed by atoms with Crippen LogP contribution in [0.5, 0.6) is 0 Å². The Hall–Kier alpha value is -3.38. The summed E-state index contributed by atoms with van der Waals surface area (Å²) in [5.74, 6) is -0.629. The predicted molar refractivity (Wildman–Crippen MR) is 90.7 cm³/mol. The Balaban J connectivity index is 2.05. The van der Waals surface area contributed by atoms with Gasteiger partial charge in [-0.25, -0.2) is 0 Å². The summed E-state index contributed by atoms with van der Waals surface area (Å²) in [5.41, 5.74) is 0.0659. The van der Waals surface area contributed by atoms with Crippen LogP contribution in [0.4, 0.5) is 11.4 Å². The molecule has 0 aliphatic heterocycles. The molecule has 0 radical (unpaired) electrons. The van der Waals surface area contributed by atoms with Crippen molar-refractivity contribution >= 4 is 17.3 Å². The van der Waals surface area contributed by atoms with Crippen LogP contribution in [0, 0.1) is 27.2 Å². The first-order valence-electron chi connectivity index (χ1n) is 7.74. The number of rotatable bonds is 8. The third kappa shape index (κ3) is 4.62. The Bertz CT molecular complexity index is 849. The van der Waals surface area contributed by atoms with Crippen LogP contribution >= 0.6 is 0 Å². The maximum absolute atomic E-state index is 12.1. The molecule has 0 aliphatic carbocycles. The van der Waals surface area contributed by atoms with Crippen LogP contribution in [0.15, 0.2) is 30.5 Å². The first-order chi connectivity index (χ1) is 12.7. The molecule has 144 valence electrons. The molecule has 1 aromatic heterocycles. The van der Waals surface area contributed by atoms with E-state index in [-0.39, 0.29) is 29.2 Å².